The van der Waals surface area contributed by atoms with Crippen LogP contribution in [0.5, 0.6) is 5.88 Å². The van der Waals surface area contributed by atoms with Gasteiger partial charge >= 0.3 is 0 Å². The van der Waals surface area contributed by atoms with Crippen LogP contribution in [0.2, 0.25) is 0 Å². The molecule has 0 unspecified atom stereocenters. The number of nitrogens with one attached hydrogen (secondary N) is 1. The highest BCUT2D eigenvalue weighted by Gasteiger charge is 2.20. The number of methoxy groups -OCH3 is 1. The van der Waals surface area contributed by atoms with Crippen molar-refractivity contribution in [2.75, 3.05) is 12.4 Å². The molecule has 3 heterocycles. The zero-order valence-electron chi connectivity index (χ0n) is 15.0. The first kappa shape index (κ1) is 16.8. The number of fused-ring (bicyclic) bond motifs is 1. The third-order valence-electron chi connectivity index (χ3n) is 3.93. The topological polar surface area (TPSA) is 69.3 Å². The maximum absolute atomic E-state index is 5.47. The summed E-state index contributed by atoms with van der Waals surface area (Å²) in [4.78, 5) is 5.57. The van der Waals surface area contributed by atoms with Gasteiger partial charge in [0, 0.05) is 19.0 Å². The van der Waals surface area contributed by atoms with Gasteiger partial charge in [0.05, 0.1) is 30.3 Å². The summed E-state index contributed by atoms with van der Waals surface area (Å²) in [5.41, 5.74) is 3.19. The van der Waals surface area contributed by atoms with Gasteiger partial charge in [-0.05, 0) is 6.42 Å². The summed E-state index contributed by atoms with van der Waals surface area (Å²) in [7, 11) is 3.57. The monoisotopic (exact) mass is 348 g/mol. The Balaban J connectivity index is 1.80. The number of nitrogens with zero attached hydrogens (tertiary/aromatic N) is 5. The fraction of sp³-hybridized carbons (Fsp3) is 0.562. The predicted molar refractivity (Wildman–Crippen MR) is 96.0 cm³/mol. The number of aryl methyl sites for hydroxylation is 2. The van der Waals surface area contributed by atoms with Gasteiger partial charge in [0.25, 0.3) is 0 Å². The van der Waals surface area contributed by atoms with E-state index >= 15 is 0 Å². The van der Waals surface area contributed by atoms with Crippen LogP contribution < -0.4 is 10.1 Å². The van der Waals surface area contributed by atoms with E-state index in [1.165, 1.54) is 0 Å². The first-order valence-electron chi connectivity index (χ1n) is 8.02. The molecule has 0 spiro atoms. The average Bonchev–Trinajstić information content (AvgIpc) is 3.14. The van der Waals surface area contributed by atoms with Crippen LogP contribution in [0, 0.1) is 0 Å². The zero-order valence-corrected chi connectivity index (χ0v) is 15.9. The smallest absolute Gasteiger partial charge is 0.216 e. The van der Waals surface area contributed by atoms with Crippen LogP contribution in [0.1, 0.15) is 44.6 Å². The van der Waals surface area contributed by atoms with Crippen molar-refractivity contribution in [1.29, 1.82) is 0 Å². The van der Waals surface area contributed by atoms with Gasteiger partial charge in [-0.2, -0.15) is 5.10 Å². The molecule has 3 aromatic rings. The lowest BCUT2D eigenvalue weighted by Gasteiger charge is -2.13. The van der Waals surface area contributed by atoms with Crippen LogP contribution in [0.25, 0.3) is 4.96 Å². The summed E-state index contributed by atoms with van der Waals surface area (Å²) in [5, 5.41) is 13.3. The molecular formula is C16H24N6OS. The number of imidazole rings is 1. The quantitative estimate of drug-likeness (QED) is 0.767. The number of ether oxygens (including phenoxy) is 1. The lowest BCUT2D eigenvalue weighted by molar-refractivity contribution is 0.370. The van der Waals surface area contributed by atoms with E-state index in [-0.39, 0.29) is 5.41 Å². The van der Waals surface area contributed by atoms with Crippen molar-refractivity contribution in [2.24, 2.45) is 7.05 Å². The van der Waals surface area contributed by atoms with Gasteiger partial charge in [-0.3, -0.25) is 0 Å². The fourth-order valence-corrected chi connectivity index (χ4v) is 3.40. The standard InChI is InChI=1S/C16H24N6OS/c1-7-11-10(13(23-6)21(5)19-11)8-17-14-20-22-9-12(16(2,3)4)18-15(22)24-14/h9H,7-8H2,1-6H3,(H,17,20). The Morgan fingerprint density at radius 1 is 1.29 bits per heavy atom. The SMILES string of the molecule is CCc1nn(C)c(OC)c1CNc1nn2cc(C(C)(C)C)nc2s1. The van der Waals surface area contributed by atoms with Gasteiger partial charge in [0.15, 0.2) is 0 Å². The number of aromatic nitrogens is 5. The van der Waals surface area contributed by atoms with E-state index in [2.05, 4.69) is 48.2 Å². The molecular weight excluding hydrogens is 324 g/mol. The summed E-state index contributed by atoms with van der Waals surface area (Å²) in [6.45, 7) is 9.18. The van der Waals surface area contributed by atoms with Crippen LogP contribution in [-0.2, 0) is 25.4 Å². The Kier molecular flexibility index (Phi) is 4.25. The number of anilines is 1. The minimum absolute atomic E-state index is 0.0279. The van der Waals surface area contributed by atoms with Crippen molar-refractivity contribution < 1.29 is 4.74 Å². The molecule has 0 saturated carbocycles. The van der Waals surface area contributed by atoms with E-state index in [0.717, 1.165) is 39.3 Å². The molecule has 0 radical (unpaired) electrons. The lowest BCUT2D eigenvalue weighted by atomic mass is 9.93. The summed E-state index contributed by atoms with van der Waals surface area (Å²) < 4.78 is 9.09. The summed E-state index contributed by atoms with van der Waals surface area (Å²) in [6.07, 6.45) is 2.86. The van der Waals surface area contributed by atoms with Gasteiger partial charge in [-0.15, -0.1) is 5.10 Å². The van der Waals surface area contributed by atoms with Crippen LogP contribution in [-0.4, -0.2) is 31.5 Å². The number of hydrogen-bond acceptors (Lipinski definition) is 6. The van der Waals surface area contributed by atoms with Crippen molar-refractivity contribution in [2.45, 2.75) is 46.1 Å². The minimum atomic E-state index is 0.0279. The lowest BCUT2D eigenvalue weighted by Crippen LogP contribution is -2.11. The summed E-state index contributed by atoms with van der Waals surface area (Å²) >= 11 is 1.55. The second kappa shape index (κ2) is 6.08. The van der Waals surface area contributed by atoms with Crippen molar-refractivity contribution in [3.63, 3.8) is 0 Å². The second-order valence-corrected chi connectivity index (χ2v) is 7.73. The first-order valence-corrected chi connectivity index (χ1v) is 8.84. The Labute approximate surface area is 145 Å². The highest BCUT2D eigenvalue weighted by atomic mass is 32.1. The van der Waals surface area contributed by atoms with Gasteiger partial charge in [0.1, 0.15) is 0 Å². The summed E-state index contributed by atoms with van der Waals surface area (Å²) in [5.74, 6) is 0.788. The average molecular weight is 348 g/mol. The highest BCUT2D eigenvalue weighted by molar-refractivity contribution is 7.20. The molecule has 7 nitrogen and oxygen atoms in total. The maximum atomic E-state index is 5.47. The molecule has 130 valence electrons. The zero-order chi connectivity index (χ0) is 17.5. The minimum Gasteiger partial charge on any atom is -0.481 e. The Morgan fingerprint density at radius 2 is 2.04 bits per heavy atom. The van der Waals surface area contributed by atoms with E-state index in [9.17, 15) is 0 Å². The Hall–Kier alpha value is -2.09. The van der Waals surface area contributed by atoms with E-state index < -0.39 is 0 Å². The van der Waals surface area contributed by atoms with Gasteiger partial charge in [-0.1, -0.05) is 39.0 Å². The molecule has 0 aliphatic carbocycles. The molecule has 0 fully saturated rings. The third-order valence-corrected chi connectivity index (χ3v) is 4.81. The van der Waals surface area contributed by atoms with Gasteiger partial charge < -0.3 is 10.1 Å². The molecule has 0 aromatic carbocycles. The Morgan fingerprint density at radius 3 is 2.62 bits per heavy atom. The molecule has 8 heteroatoms. The molecule has 0 saturated heterocycles. The molecule has 0 aliphatic heterocycles. The Bertz CT molecular complexity index is 823. The van der Waals surface area contributed by atoms with Crippen molar-refractivity contribution in [1.82, 2.24) is 24.4 Å². The van der Waals surface area contributed by atoms with Crippen molar-refractivity contribution in [3.05, 3.63) is 23.1 Å². The maximum Gasteiger partial charge on any atom is 0.216 e. The van der Waals surface area contributed by atoms with E-state index in [4.69, 9.17) is 4.74 Å². The molecule has 3 rings (SSSR count). The largest absolute Gasteiger partial charge is 0.481 e. The van der Waals surface area contributed by atoms with Gasteiger partial charge in [-0.25, -0.2) is 14.2 Å². The number of rotatable bonds is 5. The van der Waals surface area contributed by atoms with Crippen molar-refractivity contribution in [3.8, 4) is 5.88 Å². The molecule has 0 atom stereocenters. The van der Waals surface area contributed by atoms with Gasteiger partial charge in [0.2, 0.25) is 16.0 Å². The molecule has 3 aromatic heterocycles. The normalized spacial score (nSPS) is 12.1. The second-order valence-electron chi connectivity index (χ2n) is 6.78. The molecule has 1 N–H and O–H groups in total. The van der Waals surface area contributed by atoms with E-state index in [1.807, 2.05) is 17.8 Å². The summed E-state index contributed by atoms with van der Waals surface area (Å²) in [6, 6.07) is 0. The molecule has 0 bridgehead atoms. The molecule has 0 aliphatic rings. The van der Waals surface area contributed by atoms with Crippen LogP contribution in [0.15, 0.2) is 6.20 Å². The van der Waals surface area contributed by atoms with Crippen LogP contribution in [0.3, 0.4) is 0 Å². The first-order chi connectivity index (χ1) is 11.3. The predicted octanol–water partition coefficient (Wildman–Crippen LogP) is 3.00. The number of hydrogen-bond donors (Lipinski definition) is 1. The molecule has 0 amide bonds. The van der Waals surface area contributed by atoms with Crippen molar-refractivity contribution >= 4 is 21.4 Å². The van der Waals surface area contributed by atoms with Crippen LogP contribution >= 0.6 is 11.3 Å². The molecule has 24 heavy (non-hydrogen) atoms. The fourth-order valence-electron chi connectivity index (χ4n) is 2.62. The third kappa shape index (κ3) is 2.98. The van der Waals surface area contributed by atoms with E-state index in [0.29, 0.717) is 6.54 Å². The highest BCUT2D eigenvalue weighted by Crippen LogP contribution is 2.27. The van der Waals surface area contributed by atoms with E-state index in [1.54, 1.807) is 23.1 Å². The van der Waals surface area contributed by atoms with Crippen LogP contribution in [0.4, 0.5) is 5.13 Å².